The largest absolute Gasteiger partial charge is 0.423 e. The molecule has 0 N–H and O–H groups in total. The Morgan fingerprint density at radius 3 is 1.45 bits per heavy atom. The molecule has 49 heavy (non-hydrogen) atoms. The van der Waals surface area contributed by atoms with E-state index >= 15 is 0 Å². The van der Waals surface area contributed by atoms with E-state index < -0.39 is 29.8 Å². The highest BCUT2D eigenvalue weighted by Gasteiger charge is 2.21. The molecule has 0 amide bonds. The van der Waals surface area contributed by atoms with Crippen LogP contribution in [0.3, 0.4) is 0 Å². The summed E-state index contributed by atoms with van der Waals surface area (Å²) in [5.41, 5.74) is 2.33. The molecule has 3 aromatic carbocycles. The van der Waals surface area contributed by atoms with Crippen molar-refractivity contribution in [3.8, 4) is 39.9 Å². The van der Waals surface area contributed by atoms with Crippen molar-refractivity contribution in [1.29, 1.82) is 0 Å². The van der Waals surface area contributed by atoms with Gasteiger partial charge in [-0.15, -0.1) is 0 Å². The van der Waals surface area contributed by atoms with Gasteiger partial charge in [0.15, 0.2) is 0 Å². The SMILES string of the molecule is C=C(C)C(=O)Oc1ccc(OC(=O)/C=C(\C)c2cc(OC(=O)C(=C)C)c(-c3ccc(OC(=O)C(=C)C)cc3)cc2OC(=O)/C(C)=C\C)cc1. The third kappa shape index (κ3) is 10.4. The lowest BCUT2D eigenvalue weighted by Crippen LogP contribution is -2.13. The van der Waals surface area contributed by atoms with Crippen LogP contribution in [0.5, 0.6) is 28.7 Å². The quantitative estimate of drug-likeness (QED) is 0.108. The Bertz CT molecular complexity index is 1910. The molecular weight excluding hydrogens is 628 g/mol. The summed E-state index contributed by atoms with van der Waals surface area (Å²) in [6, 6.07) is 15.1. The molecule has 0 radical (unpaired) electrons. The van der Waals surface area contributed by atoms with Gasteiger partial charge in [0.2, 0.25) is 0 Å². The predicted octanol–water partition coefficient (Wildman–Crippen LogP) is 7.68. The minimum absolute atomic E-state index is 0.0549. The molecule has 0 bridgehead atoms. The summed E-state index contributed by atoms with van der Waals surface area (Å²) in [6.07, 6.45) is 2.76. The van der Waals surface area contributed by atoms with Gasteiger partial charge in [-0.25, -0.2) is 24.0 Å². The Morgan fingerprint density at radius 2 is 0.980 bits per heavy atom. The van der Waals surface area contributed by atoms with Crippen molar-refractivity contribution in [2.75, 3.05) is 0 Å². The fourth-order valence-electron chi connectivity index (χ4n) is 3.81. The maximum atomic E-state index is 13.0. The van der Waals surface area contributed by atoms with E-state index in [1.54, 1.807) is 51.1 Å². The van der Waals surface area contributed by atoms with E-state index in [1.807, 2.05) is 0 Å². The molecule has 252 valence electrons. The van der Waals surface area contributed by atoms with Gasteiger partial charge in [-0.3, -0.25) is 0 Å². The second-order valence-corrected chi connectivity index (χ2v) is 11.0. The second kappa shape index (κ2) is 16.5. The Morgan fingerprint density at radius 1 is 0.551 bits per heavy atom. The van der Waals surface area contributed by atoms with E-state index in [0.29, 0.717) is 22.3 Å². The molecule has 0 aliphatic carbocycles. The Balaban J connectivity index is 2.07. The zero-order chi connectivity index (χ0) is 36.4. The molecular formula is C39H36O10. The molecule has 0 saturated heterocycles. The molecule has 0 aliphatic rings. The van der Waals surface area contributed by atoms with Gasteiger partial charge in [0.1, 0.15) is 28.7 Å². The predicted molar refractivity (Wildman–Crippen MR) is 184 cm³/mol. The van der Waals surface area contributed by atoms with E-state index in [1.165, 1.54) is 63.2 Å². The summed E-state index contributed by atoms with van der Waals surface area (Å²) in [4.78, 5) is 62.4. The van der Waals surface area contributed by atoms with Crippen LogP contribution in [-0.2, 0) is 24.0 Å². The van der Waals surface area contributed by atoms with Gasteiger partial charge in [-0.2, -0.15) is 0 Å². The first kappa shape index (κ1) is 37.2. The third-order valence-corrected chi connectivity index (χ3v) is 6.68. The number of hydrogen-bond acceptors (Lipinski definition) is 10. The van der Waals surface area contributed by atoms with Gasteiger partial charge in [-0.1, -0.05) is 37.9 Å². The first-order valence-electron chi connectivity index (χ1n) is 14.9. The molecule has 10 heteroatoms. The van der Waals surface area contributed by atoms with Crippen LogP contribution in [0, 0.1) is 0 Å². The fourth-order valence-corrected chi connectivity index (χ4v) is 3.81. The number of hydrogen-bond donors (Lipinski definition) is 0. The van der Waals surface area contributed by atoms with Gasteiger partial charge in [0.05, 0.1) is 0 Å². The first-order chi connectivity index (χ1) is 23.1. The highest BCUT2D eigenvalue weighted by Crippen LogP contribution is 2.40. The van der Waals surface area contributed by atoms with Gasteiger partial charge in [0, 0.05) is 39.5 Å². The summed E-state index contributed by atoms with van der Waals surface area (Å²) in [6.45, 7) is 20.1. The zero-order valence-electron chi connectivity index (χ0n) is 28.1. The summed E-state index contributed by atoms with van der Waals surface area (Å²) in [7, 11) is 0. The average Bonchev–Trinajstić information content (AvgIpc) is 3.05. The molecule has 0 aromatic heterocycles. The van der Waals surface area contributed by atoms with E-state index in [-0.39, 0.29) is 51.0 Å². The van der Waals surface area contributed by atoms with Crippen LogP contribution in [0.4, 0.5) is 0 Å². The van der Waals surface area contributed by atoms with Crippen molar-refractivity contribution in [2.24, 2.45) is 0 Å². The lowest BCUT2D eigenvalue weighted by atomic mass is 9.98. The molecule has 0 atom stereocenters. The van der Waals surface area contributed by atoms with Crippen molar-refractivity contribution in [3.63, 3.8) is 0 Å². The minimum atomic E-state index is -0.768. The maximum Gasteiger partial charge on any atom is 0.338 e. The third-order valence-electron chi connectivity index (χ3n) is 6.68. The second-order valence-electron chi connectivity index (χ2n) is 11.0. The normalized spacial score (nSPS) is 11.1. The van der Waals surface area contributed by atoms with Crippen molar-refractivity contribution < 1.29 is 47.7 Å². The summed E-state index contributed by atoms with van der Waals surface area (Å²) >= 11 is 0. The molecule has 0 unspecified atom stereocenters. The van der Waals surface area contributed by atoms with E-state index in [9.17, 15) is 24.0 Å². The number of carbonyl (C=O) groups excluding carboxylic acids is 5. The minimum Gasteiger partial charge on any atom is -0.423 e. The molecule has 0 aliphatic heterocycles. The Kier molecular flexibility index (Phi) is 12.5. The standard InChI is InChI=1S/C39H36O10/c1-10-25(8)39(44)49-33-21-32(27-11-13-29(14-12-27)46-36(41)22(2)3)34(48-38(43)24(6)7)20-31(33)26(9)19-35(40)45-28-15-17-30(18-16-28)47-37(42)23(4)5/h10-21H,2,4,6H2,1,3,5,7-9H3/b25-10-,26-19+. The van der Waals surface area contributed by atoms with Crippen LogP contribution in [0.1, 0.15) is 47.1 Å². The molecule has 0 heterocycles. The molecule has 3 aromatic rings. The van der Waals surface area contributed by atoms with Crippen LogP contribution in [0.15, 0.2) is 115 Å². The van der Waals surface area contributed by atoms with Crippen LogP contribution < -0.4 is 23.7 Å². The number of rotatable bonds is 12. The lowest BCUT2D eigenvalue weighted by molar-refractivity contribution is -0.131. The lowest BCUT2D eigenvalue weighted by Gasteiger charge is -2.17. The van der Waals surface area contributed by atoms with E-state index in [0.717, 1.165) is 0 Å². The fraction of sp³-hybridized carbons (Fsp3) is 0.154. The van der Waals surface area contributed by atoms with Crippen LogP contribution in [0.25, 0.3) is 16.7 Å². The van der Waals surface area contributed by atoms with Crippen molar-refractivity contribution in [2.45, 2.75) is 41.5 Å². The molecule has 0 saturated carbocycles. The van der Waals surface area contributed by atoms with Gasteiger partial charge in [-0.05, 0) is 101 Å². The topological polar surface area (TPSA) is 132 Å². The Labute approximate surface area is 284 Å². The smallest absolute Gasteiger partial charge is 0.338 e. The Hall–Kier alpha value is -6.29. The number of ether oxygens (including phenoxy) is 5. The van der Waals surface area contributed by atoms with Crippen LogP contribution >= 0.6 is 0 Å². The van der Waals surface area contributed by atoms with E-state index in [2.05, 4.69) is 19.7 Å². The zero-order valence-corrected chi connectivity index (χ0v) is 28.1. The average molecular weight is 665 g/mol. The van der Waals surface area contributed by atoms with Crippen molar-refractivity contribution >= 4 is 35.4 Å². The van der Waals surface area contributed by atoms with Crippen molar-refractivity contribution in [3.05, 3.63) is 120 Å². The highest BCUT2D eigenvalue weighted by atomic mass is 16.6. The summed E-state index contributed by atoms with van der Waals surface area (Å²) in [5, 5.41) is 0. The molecule has 3 rings (SSSR count). The maximum absolute atomic E-state index is 13.0. The first-order valence-corrected chi connectivity index (χ1v) is 14.9. The number of carbonyl (C=O) groups is 5. The van der Waals surface area contributed by atoms with Gasteiger partial charge in [0.25, 0.3) is 0 Å². The van der Waals surface area contributed by atoms with Crippen molar-refractivity contribution in [1.82, 2.24) is 0 Å². The van der Waals surface area contributed by atoms with Gasteiger partial charge < -0.3 is 23.7 Å². The summed E-state index contributed by atoms with van der Waals surface area (Å²) in [5.74, 6) is -2.53. The van der Waals surface area contributed by atoms with Gasteiger partial charge >= 0.3 is 29.8 Å². The number of esters is 5. The molecule has 0 spiro atoms. The van der Waals surface area contributed by atoms with Crippen LogP contribution in [0.2, 0.25) is 0 Å². The number of benzene rings is 3. The molecule has 10 nitrogen and oxygen atoms in total. The molecule has 0 fully saturated rings. The van der Waals surface area contributed by atoms with E-state index in [4.69, 9.17) is 23.7 Å². The number of allylic oxidation sites excluding steroid dienone is 2. The monoisotopic (exact) mass is 664 g/mol. The highest BCUT2D eigenvalue weighted by molar-refractivity contribution is 5.97. The van der Waals surface area contributed by atoms with Crippen LogP contribution in [-0.4, -0.2) is 29.8 Å². The summed E-state index contributed by atoms with van der Waals surface area (Å²) < 4.78 is 27.3.